The summed E-state index contributed by atoms with van der Waals surface area (Å²) in [6.45, 7) is 6.90. The second-order valence-corrected chi connectivity index (χ2v) is 5.17. The lowest BCUT2D eigenvalue weighted by Crippen LogP contribution is -2.42. The molecule has 0 amide bonds. The molecule has 0 aromatic heterocycles. The SMILES string of the molecule is CCOCCCCNC(=NC)NCC(C)Oc1cccc(F)c1.I. The lowest BCUT2D eigenvalue weighted by molar-refractivity contribution is 0.143. The van der Waals surface area contributed by atoms with Gasteiger partial charge in [-0.1, -0.05) is 6.07 Å². The summed E-state index contributed by atoms with van der Waals surface area (Å²) in [6.07, 6.45) is 1.95. The van der Waals surface area contributed by atoms with Crippen LogP contribution in [0.3, 0.4) is 0 Å². The molecule has 1 atom stereocenters. The molecule has 1 aromatic rings. The highest BCUT2D eigenvalue weighted by Gasteiger charge is 2.06. The lowest BCUT2D eigenvalue weighted by Gasteiger charge is -2.17. The van der Waals surface area contributed by atoms with Crippen molar-refractivity contribution in [2.75, 3.05) is 33.4 Å². The average molecular weight is 453 g/mol. The van der Waals surface area contributed by atoms with Crippen LogP contribution in [0.2, 0.25) is 0 Å². The van der Waals surface area contributed by atoms with Crippen LogP contribution < -0.4 is 15.4 Å². The van der Waals surface area contributed by atoms with Crippen molar-refractivity contribution in [1.82, 2.24) is 10.6 Å². The topological polar surface area (TPSA) is 54.9 Å². The van der Waals surface area contributed by atoms with Crippen molar-refractivity contribution < 1.29 is 13.9 Å². The van der Waals surface area contributed by atoms with Gasteiger partial charge in [-0.2, -0.15) is 0 Å². The van der Waals surface area contributed by atoms with E-state index < -0.39 is 0 Å². The van der Waals surface area contributed by atoms with E-state index in [1.807, 2.05) is 13.8 Å². The fraction of sp³-hybridized carbons (Fsp3) is 0.588. The molecule has 1 unspecified atom stereocenters. The average Bonchev–Trinajstić information content (AvgIpc) is 2.53. The van der Waals surface area contributed by atoms with Crippen LogP contribution in [0.15, 0.2) is 29.3 Å². The van der Waals surface area contributed by atoms with Gasteiger partial charge in [-0.3, -0.25) is 4.99 Å². The van der Waals surface area contributed by atoms with Crippen molar-refractivity contribution in [2.45, 2.75) is 32.8 Å². The Morgan fingerprint density at radius 3 is 2.75 bits per heavy atom. The third-order valence-corrected chi connectivity index (χ3v) is 3.13. The maximum absolute atomic E-state index is 13.1. The summed E-state index contributed by atoms with van der Waals surface area (Å²) in [5, 5.41) is 6.44. The number of ether oxygens (including phenoxy) is 2. The Balaban J connectivity index is 0.00000529. The molecule has 0 spiro atoms. The van der Waals surface area contributed by atoms with Crippen molar-refractivity contribution in [3.8, 4) is 5.75 Å². The molecule has 0 aliphatic carbocycles. The smallest absolute Gasteiger partial charge is 0.191 e. The van der Waals surface area contributed by atoms with E-state index in [1.54, 1.807) is 19.2 Å². The van der Waals surface area contributed by atoms with E-state index in [1.165, 1.54) is 12.1 Å². The van der Waals surface area contributed by atoms with Crippen LogP contribution >= 0.6 is 24.0 Å². The van der Waals surface area contributed by atoms with Crippen LogP contribution in [0.25, 0.3) is 0 Å². The van der Waals surface area contributed by atoms with Gasteiger partial charge in [0.05, 0.1) is 6.54 Å². The summed E-state index contributed by atoms with van der Waals surface area (Å²) in [6, 6.07) is 6.15. The maximum Gasteiger partial charge on any atom is 0.191 e. The molecule has 7 heteroatoms. The molecular formula is C17H29FIN3O2. The molecule has 0 heterocycles. The Morgan fingerprint density at radius 2 is 2.08 bits per heavy atom. The Labute approximate surface area is 161 Å². The van der Waals surface area contributed by atoms with Gasteiger partial charge in [0.2, 0.25) is 0 Å². The monoisotopic (exact) mass is 453 g/mol. The number of nitrogens with one attached hydrogen (secondary N) is 2. The minimum atomic E-state index is -0.299. The van der Waals surface area contributed by atoms with E-state index in [9.17, 15) is 4.39 Å². The zero-order valence-corrected chi connectivity index (χ0v) is 17.0. The lowest BCUT2D eigenvalue weighted by atomic mass is 10.3. The minimum absolute atomic E-state index is 0. The predicted molar refractivity (Wildman–Crippen MR) is 107 cm³/mol. The van der Waals surface area contributed by atoms with Gasteiger partial charge in [0.25, 0.3) is 0 Å². The van der Waals surface area contributed by atoms with Crippen LogP contribution in [-0.2, 0) is 4.74 Å². The van der Waals surface area contributed by atoms with E-state index in [0.717, 1.165) is 38.6 Å². The zero-order chi connectivity index (χ0) is 16.9. The summed E-state index contributed by atoms with van der Waals surface area (Å²) in [5.41, 5.74) is 0. The molecule has 0 fully saturated rings. The zero-order valence-electron chi connectivity index (χ0n) is 14.7. The van der Waals surface area contributed by atoms with Crippen molar-refractivity contribution >= 4 is 29.9 Å². The van der Waals surface area contributed by atoms with E-state index in [2.05, 4.69) is 15.6 Å². The predicted octanol–water partition coefficient (Wildman–Crippen LogP) is 3.19. The van der Waals surface area contributed by atoms with Crippen LogP contribution in [0.1, 0.15) is 26.7 Å². The first kappa shape index (κ1) is 22.9. The third kappa shape index (κ3) is 10.6. The number of guanidine groups is 1. The fourth-order valence-electron chi connectivity index (χ4n) is 1.96. The maximum atomic E-state index is 13.1. The van der Waals surface area contributed by atoms with Gasteiger partial charge in [0, 0.05) is 32.9 Å². The fourth-order valence-corrected chi connectivity index (χ4v) is 1.96. The van der Waals surface area contributed by atoms with Crippen molar-refractivity contribution in [1.29, 1.82) is 0 Å². The normalized spacial score (nSPS) is 12.2. The van der Waals surface area contributed by atoms with Gasteiger partial charge in [0.1, 0.15) is 17.7 Å². The third-order valence-electron chi connectivity index (χ3n) is 3.13. The van der Waals surface area contributed by atoms with Crippen LogP contribution in [0.5, 0.6) is 5.75 Å². The van der Waals surface area contributed by atoms with Gasteiger partial charge >= 0.3 is 0 Å². The molecule has 0 saturated carbocycles. The summed E-state index contributed by atoms with van der Waals surface area (Å²) in [7, 11) is 1.73. The second-order valence-electron chi connectivity index (χ2n) is 5.17. The Kier molecular flexibility index (Phi) is 13.6. The second kappa shape index (κ2) is 14.3. The number of nitrogens with zero attached hydrogens (tertiary/aromatic N) is 1. The summed E-state index contributed by atoms with van der Waals surface area (Å²) in [5.74, 6) is 0.960. The van der Waals surface area contributed by atoms with Gasteiger partial charge in [0.15, 0.2) is 5.96 Å². The molecule has 2 N–H and O–H groups in total. The van der Waals surface area contributed by atoms with Gasteiger partial charge in [-0.15, -0.1) is 24.0 Å². The first-order valence-electron chi connectivity index (χ1n) is 8.10. The largest absolute Gasteiger partial charge is 0.489 e. The number of hydrogen-bond donors (Lipinski definition) is 2. The molecule has 0 bridgehead atoms. The van der Waals surface area contributed by atoms with Gasteiger partial charge < -0.3 is 20.1 Å². The Hall–Kier alpha value is -1.09. The van der Waals surface area contributed by atoms with Crippen molar-refractivity contribution in [2.24, 2.45) is 4.99 Å². The molecule has 0 aliphatic heterocycles. The molecule has 0 aliphatic rings. The highest BCUT2D eigenvalue weighted by atomic mass is 127. The summed E-state index contributed by atoms with van der Waals surface area (Å²) < 4.78 is 24.1. The highest BCUT2D eigenvalue weighted by Crippen LogP contribution is 2.13. The number of unbranched alkanes of at least 4 members (excludes halogenated alkanes) is 1. The van der Waals surface area contributed by atoms with E-state index >= 15 is 0 Å². The number of benzene rings is 1. The number of halogens is 2. The molecule has 1 aromatic carbocycles. The van der Waals surface area contributed by atoms with Crippen LogP contribution in [-0.4, -0.2) is 45.4 Å². The van der Waals surface area contributed by atoms with E-state index in [4.69, 9.17) is 9.47 Å². The highest BCUT2D eigenvalue weighted by molar-refractivity contribution is 14.0. The van der Waals surface area contributed by atoms with Gasteiger partial charge in [-0.05, 0) is 38.8 Å². The molecule has 1 rings (SSSR count). The van der Waals surface area contributed by atoms with Crippen LogP contribution in [0.4, 0.5) is 4.39 Å². The molecule has 0 radical (unpaired) electrons. The quantitative estimate of drug-likeness (QED) is 0.247. The van der Waals surface area contributed by atoms with Crippen LogP contribution in [0, 0.1) is 5.82 Å². The number of hydrogen-bond acceptors (Lipinski definition) is 3. The first-order valence-corrected chi connectivity index (χ1v) is 8.10. The van der Waals surface area contributed by atoms with Crippen molar-refractivity contribution in [3.63, 3.8) is 0 Å². The molecule has 0 saturated heterocycles. The number of rotatable bonds is 10. The molecule has 24 heavy (non-hydrogen) atoms. The van der Waals surface area contributed by atoms with E-state index in [0.29, 0.717) is 12.3 Å². The minimum Gasteiger partial charge on any atom is -0.489 e. The first-order chi connectivity index (χ1) is 11.2. The Bertz CT molecular complexity index is 475. The molecular weight excluding hydrogens is 424 g/mol. The standard InChI is InChI=1S/C17H28FN3O2.HI/c1-4-22-11-6-5-10-20-17(19-3)21-13-14(2)23-16-9-7-8-15(18)12-16;/h7-9,12,14H,4-6,10-11,13H2,1-3H3,(H2,19,20,21);1H. The number of aliphatic imine (C=N–C) groups is 1. The molecule has 5 nitrogen and oxygen atoms in total. The summed E-state index contributed by atoms with van der Waals surface area (Å²) >= 11 is 0. The van der Waals surface area contributed by atoms with Gasteiger partial charge in [-0.25, -0.2) is 4.39 Å². The van der Waals surface area contributed by atoms with E-state index in [-0.39, 0.29) is 35.9 Å². The summed E-state index contributed by atoms with van der Waals surface area (Å²) in [4.78, 5) is 4.16. The van der Waals surface area contributed by atoms with Crippen molar-refractivity contribution in [3.05, 3.63) is 30.1 Å². The molecule has 138 valence electrons. The Morgan fingerprint density at radius 1 is 1.29 bits per heavy atom.